The number of ether oxygens (including phenoxy) is 1. The lowest BCUT2D eigenvalue weighted by Gasteiger charge is -2.15. The molecule has 0 spiro atoms. The van der Waals surface area contributed by atoms with E-state index >= 15 is 0 Å². The molecule has 2 aromatic heterocycles. The molecule has 0 saturated carbocycles. The summed E-state index contributed by atoms with van der Waals surface area (Å²) in [6.45, 7) is -0.360. The molecule has 2 heterocycles. The average Bonchev–Trinajstić information content (AvgIpc) is 3.31. The minimum absolute atomic E-state index is 0.0747. The molecule has 1 N–H and O–H groups in total. The maximum atomic E-state index is 12.5. The summed E-state index contributed by atoms with van der Waals surface area (Å²) in [5, 5.41) is 5.17. The van der Waals surface area contributed by atoms with E-state index in [4.69, 9.17) is 27.9 Å². The fourth-order valence-electron chi connectivity index (χ4n) is 2.33. The van der Waals surface area contributed by atoms with Crippen molar-refractivity contribution in [1.29, 1.82) is 0 Å². The van der Waals surface area contributed by atoms with Crippen LogP contribution in [0.1, 0.15) is 0 Å². The van der Waals surface area contributed by atoms with Crippen molar-refractivity contribution >= 4 is 66.9 Å². The third-order valence-corrected chi connectivity index (χ3v) is 8.33. The van der Waals surface area contributed by atoms with E-state index in [0.29, 0.717) is 25.9 Å². The highest BCUT2D eigenvalue weighted by Crippen LogP contribution is 2.32. The summed E-state index contributed by atoms with van der Waals surface area (Å²) in [6, 6.07) is 8.15. The summed E-state index contributed by atoms with van der Waals surface area (Å²) in [5.41, 5.74) is 1.39. The number of carbonyl (C=O) groups excluding carboxylic acids is 1. The van der Waals surface area contributed by atoms with Gasteiger partial charge in [-0.25, -0.2) is 13.4 Å². The Morgan fingerprint density at radius 3 is 2.66 bits per heavy atom. The molecule has 3 aromatic rings. The van der Waals surface area contributed by atoms with Crippen LogP contribution in [0.25, 0.3) is 11.3 Å². The largest absolute Gasteiger partial charge is 0.495 e. The van der Waals surface area contributed by atoms with Gasteiger partial charge in [0.15, 0.2) is 5.13 Å². The van der Waals surface area contributed by atoms with Gasteiger partial charge in [0.2, 0.25) is 5.91 Å². The van der Waals surface area contributed by atoms with E-state index in [0.717, 1.165) is 21.2 Å². The van der Waals surface area contributed by atoms with Crippen molar-refractivity contribution in [2.24, 2.45) is 0 Å². The van der Waals surface area contributed by atoms with Crippen molar-refractivity contribution in [1.82, 2.24) is 9.29 Å². The average molecular weight is 492 g/mol. The number of hydrogen-bond donors (Lipinski definition) is 1. The number of hydrogen-bond acceptors (Lipinski definition) is 7. The van der Waals surface area contributed by atoms with Crippen molar-refractivity contribution in [3.63, 3.8) is 0 Å². The molecule has 0 atom stereocenters. The Balaban J connectivity index is 1.66. The first-order valence-electron chi connectivity index (χ1n) is 8.01. The van der Waals surface area contributed by atoms with Gasteiger partial charge < -0.3 is 10.1 Å². The number of methoxy groups -OCH3 is 1. The fraction of sp³-hybridized carbons (Fsp3) is 0.176. The molecule has 0 aliphatic carbocycles. The smallest absolute Gasteiger partial charge is 0.252 e. The normalized spacial score (nSPS) is 11.6. The van der Waals surface area contributed by atoms with Gasteiger partial charge in [0.1, 0.15) is 9.96 Å². The lowest BCUT2D eigenvalue weighted by atomic mass is 10.2. The third kappa shape index (κ3) is 5.08. The molecule has 7 nitrogen and oxygen atoms in total. The Bertz CT molecular complexity index is 1140. The van der Waals surface area contributed by atoms with Crippen LogP contribution in [0.2, 0.25) is 9.36 Å². The molecular formula is C17H15Cl2N3O4S3. The highest BCUT2D eigenvalue weighted by Gasteiger charge is 2.25. The summed E-state index contributed by atoms with van der Waals surface area (Å²) >= 11 is 14.1. The molecule has 3 rings (SSSR count). The summed E-state index contributed by atoms with van der Waals surface area (Å²) in [4.78, 5) is 16.6. The van der Waals surface area contributed by atoms with Crippen LogP contribution < -0.4 is 10.1 Å². The van der Waals surface area contributed by atoms with Crippen molar-refractivity contribution in [2.75, 3.05) is 26.0 Å². The van der Waals surface area contributed by atoms with Crippen LogP contribution in [-0.2, 0) is 14.8 Å². The van der Waals surface area contributed by atoms with Crippen LogP contribution in [-0.4, -0.2) is 44.3 Å². The van der Waals surface area contributed by atoms with E-state index in [1.807, 2.05) is 0 Å². The van der Waals surface area contributed by atoms with Crippen molar-refractivity contribution in [3.8, 4) is 17.0 Å². The molecule has 0 bridgehead atoms. The number of rotatable bonds is 7. The van der Waals surface area contributed by atoms with Gasteiger partial charge in [-0.15, -0.1) is 22.7 Å². The van der Waals surface area contributed by atoms with Gasteiger partial charge in [0.25, 0.3) is 10.0 Å². The van der Waals surface area contributed by atoms with Gasteiger partial charge in [-0.05, 0) is 30.3 Å². The Labute approximate surface area is 185 Å². The number of nitrogens with zero attached hydrogens (tertiary/aromatic N) is 2. The van der Waals surface area contributed by atoms with E-state index in [9.17, 15) is 13.2 Å². The summed E-state index contributed by atoms with van der Waals surface area (Å²) in [5.74, 6) is 0.0443. The Morgan fingerprint density at radius 1 is 1.28 bits per heavy atom. The fourth-order valence-corrected chi connectivity index (χ4v) is 6.14. The van der Waals surface area contributed by atoms with Gasteiger partial charge in [0, 0.05) is 18.0 Å². The summed E-state index contributed by atoms with van der Waals surface area (Å²) < 4.78 is 31.5. The molecule has 0 saturated heterocycles. The minimum Gasteiger partial charge on any atom is -0.495 e. The first kappa shape index (κ1) is 22.0. The quantitative estimate of drug-likeness (QED) is 0.527. The molecule has 29 heavy (non-hydrogen) atoms. The molecule has 0 radical (unpaired) electrons. The molecule has 0 unspecified atom stereocenters. The second-order valence-corrected chi connectivity index (χ2v) is 11.0. The lowest BCUT2D eigenvalue weighted by molar-refractivity contribution is -0.116. The Morgan fingerprint density at radius 2 is 2.03 bits per heavy atom. The zero-order valence-corrected chi connectivity index (χ0v) is 19.1. The second kappa shape index (κ2) is 8.99. The first-order valence-corrected chi connectivity index (χ1v) is 11.9. The number of sulfonamides is 1. The van der Waals surface area contributed by atoms with Crippen molar-refractivity contribution in [3.05, 3.63) is 45.1 Å². The minimum atomic E-state index is -3.79. The van der Waals surface area contributed by atoms with Crippen LogP contribution in [0.5, 0.6) is 5.75 Å². The molecule has 0 aliphatic heterocycles. The monoisotopic (exact) mass is 491 g/mol. The van der Waals surface area contributed by atoms with Gasteiger partial charge in [-0.2, -0.15) is 4.31 Å². The molecule has 1 aromatic carbocycles. The molecule has 0 fully saturated rings. The Kier molecular flexibility index (Phi) is 6.82. The van der Waals surface area contributed by atoms with E-state index < -0.39 is 15.9 Å². The molecular weight excluding hydrogens is 477 g/mol. The van der Waals surface area contributed by atoms with E-state index in [2.05, 4.69) is 10.3 Å². The number of aromatic nitrogens is 1. The molecule has 0 aliphatic rings. The van der Waals surface area contributed by atoms with Gasteiger partial charge in [-0.1, -0.05) is 23.2 Å². The number of benzene rings is 1. The highest BCUT2D eigenvalue weighted by atomic mass is 35.5. The van der Waals surface area contributed by atoms with E-state index in [1.165, 1.54) is 37.6 Å². The molecule has 1 amide bonds. The number of carbonyl (C=O) groups is 1. The standard InChI is InChI=1S/C17H15Cl2N3O4S3/c1-22(29(24,25)16-6-5-14(19)28-16)8-15(23)21-17-20-12(9-27-17)10-3-4-13(26-2)11(18)7-10/h3-7,9H,8H2,1-2H3,(H,20,21,23). The summed E-state index contributed by atoms with van der Waals surface area (Å²) in [6.07, 6.45) is 0. The van der Waals surface area contributed by atoms with Crippen LogP contribution in [0, 0.1) is 0 Å². The van der Waals surface area contributed by atoms with Crippen LogP contribution in [0.15, 0.2) is 39.9 Å². The van der Waals surface area contributed by atoms with Gasteiger partial charge in [-0.3, -0.25) is 4.79 Å². The zero-order chi connectivity index (χ0) is 21.2. The van der Waals surface area contributed by atoms with Crippen LogP contribution >= 0.6 is 45.9 Å². The predicted octanol–water partition coefficient (Wildman–Crippen LogP) is 4.45. The first-order chi connectivity index (χ1) is 13.7. The Hall–Kier alpha value is -1.69. The van der Waals surface area contributed by atoms with Crippen LogP contribution in [0.4, 0.5) is 5.13 Å². The number of thiazole rings is 1. The second-order valence-electron chi connectivity index (χ2n) is 5.76. The number of thiophene rings is 1. The van der Waals surface area contributed by atoms with Crippen LogP contribution in [0.3, 0.4) is 0 Å². The predicted molar refractivity (Wildman–Crippen MR) is 117 cm³/mol. The van der Waals surface area contributed by atoms with Gasteiger partial charge >= 0.3 is 0 Å². The topological polar surface area (TPSA) is 88.6 Å². The van der Waals surface area contributed by atoms with Crippen molar-refractivity contribution < 1.29 is 17.9 Å². The number of halogens is 2. The van der Waals surface area contributed by atoms with Crippen molar-refractivity contribution in [2.45, 2.75) is 4.21 Å². The maximum absolute atomic E-state index is 12.5. The SMILES string of the molecule is COc1ccc(-c2csc(NC(=O)CN(C)S(=O)(=O)c3ccc(Cl)s3)n2)cc1Cl. The summed E-state index contributed by atoms with van der Waals surface area (Å²) in [7, 11) is -0.934. The number of likely N-dealkylation sites (N-methyl/N-ethyl adjacent to an activating group) is 1. The number of amides is 1. The number of anilines is 1. The zero-order valence-electron chi connectivity index (χ0n) is 15.2. The highest BCUT2D eigenvalue weighted by molar-refractivity contribution is 7.91. The number of nitrogens with one attached hydrogen (secondary N) is 1. The lowest BCUT2D eigenvalue weighted by Crippen LogP contribution is -2.34. The third-order valence-electron chi connectivity index (χ3n) is 3.78. The van der Waals surface area contributed by atoms with E-state index in [-0.39, 0.29) is 10.8 Å². The van der Waals surface area contributed by atoms with E-state index in [1.54, 1.807) is 23.6 Å². The molecule has 154 valence electrons. The van der Waals surface area contributed by atoms with Gasteiger partial charge in [0.05, 0.1) is 28.7 Å². The molecule has 12 heteroatoms. The maximum Gasteiger partial charge on any atom is 0.252 e.